The molecule has 2 aromatic carbocycles. The number of hydrogen-bond donors (Lipinski definition) is 1. The Hall–Kier alpha value is -2.25. The molecule has 1 heterocycles. The summed E-state index contributed by atoms with van der Waals surface area (Å²) in [6, 6.07) is 9.68. The van der Waals surface area contributed by atoms with Gasteiger partial charge >= 0.3 is 5.97 Å². The lowest BCUT2D eigenvalue weighted by molar-refractivity contribution is 0.0515. The van der Waals surface area contributed by atoms with E-state index in [1.54, 1.807) is 36.4 Å². The maximum Gasteiger partial charge on any atom is 0.371 e. The van der Waals surface area contributed by atoms with E-state index in [2.05, 4.69) is 10.3 Å². The zero-order valence-corrected chi connectivity index (χ0v) is 17.2. The fraction of sp³-hybridized carbons (Fsp3) is 0.0556. The van der Waals surface area contributed by atoms with Gasteiger partial charge in [-0.1, -0.05) is 68.8 Å². The van der Waals surface area contributed by atoms with Gasteiger partial charge in [0.2, 0.25) is 0 Å². The van der Waals surface area contributed by atoms with Crippen LogP contribution in [0.3, 0.4) is 0 Å². The van der Waals surface area contributed by atoms with Crippen LogP contribution in [0.25, 0.3) is 11.3 Å². The number of benzene rings is 2. The minimum atomic E-state index is -0.865. The maximum absolute atomic E-state index is 12.6. The van der Waals surface area contributed by atoms with Crippen LogP contribution < -0.4 is 5.73 Å². The summed E-state index contributed by atoms with van der Waals surface area (Å²) in [4.78, 5) is 17.6. The van der Waals surface area contributed by atoms with E-state index in [1.165, 1.54) is 6.92 Å². The van der Waals surface area contributed by atoms with Crippen molar-refractivity contribution in [3.8, 4) is 11.3 Å². The molecule has 0 unspecified atom stereocenters. The number of carbonyl (C=O) groups excluding carboxylic acids is 1. The van der Waals surface area contributed by atoms with Crippen LogP contribution in [0.5, 0.6) is 0 Å². The summed E-state index contributed by atoms with van der Waals surface area (Å²) in [5.41, 5.74) is 6.57. The highest BCUT2D eigenvalue weighted by molar-refractivity contribution is 6.40. The highest BCUT2D eigenvalue weighted by Gasteiger charge is 2.26. The fourth-order valence-corrected chi connectivity index (χ4v) is 3.60. The first-order chi connectivity index (χ1) is 13.3. The first kappa shape index (κ1) is 20.5. The smallest absolute Gasteiger partial charge is 0.371 e. The monoisotopic (exact) mass is 457 g/mol. The van der Waals surface area contributed by atoms with E-state index >= 15 is 0 Å². The van der Waals surface area contributed by atoms with Crippen molar-refractivity contribution < 1.29 is 14.2 Å². The minimum absolute atomic E-state index is 0.0109. The molecule has 0 atom stereocenters. The van der Waals surface area contributed by atoms with Crippen molar-refractivity contribution in [1.29, 1.82) is 0 Å². The highest BCUT2D eigenvalue weighted by atomic mass is 35.5. The largest absolute Gasteiger partial charge is 0.380 e. The van der Waals surface area contributed by atoms with E-state index in [-0.39, 0.29) is 38.5 Å². The Morgan fingerprint density at radius 3 is 2.11 bits per heavy atom. The summed E-state index contributed by atoms with van der Waals surface area (Å²) in [7, 11) is 0. The van der Waals surface area contributed by atoms with E-state index < -0.39 is 5.97 Å². The Balaban J connectivity index is 1.96. The number of rotatable bonds is 4. The first-order valence-corrected chi connectivity index (χ1v) is 9.22. The quantitative estimate of drug-likeness (QED) is 0.233. The normalized spacial score (nSPS) is 11.5. The highest BCUT2D eigenvalue weighted by Crippen LogP contribution is 2.37. The molecule has 3 rings (SSSR count). The molecule has 0 radical (unpaired) electrons. The molecular weight excluding hydrogens is 448 g/mol. The molecule has 6 nitrogen and oxygen atoms in total. The zero-order valence-electron chi connectivity index (χ0n) is 14.2. The van der Waals surface area contributed by atoms with Crippen molar-refractivity contribution in [2.45, 2.75) is 6.92 Å². The number of amidine groups is 1. The first-order valence-electron chi connectivity index (χ1n) is 7.71. The van der Waals surface area contributed by atoms with Gasteiger partial charge in [-0.3, -0.25) is 0 Å². The van der Waals surface area contributed by atoms with Gasteiger partial charge < -0.3 is 15.1 Å². The van der Waals surface area contributed by atoms with Crippen LogP contribution in [-0.4, -0.2) is 17.0 Å². The van der Waals surface area contributed by atoms with Crippen LogP contribution in [-0.2, 0) is 4.84 Å². The van der Waals surface area contributed by atoms with Crippen molar-refractivity contribution in [3.63, 3.8) is 0 Å². The van der Waals surface area contributed by atoms with Crippen molar-refractivity contribution in [1.82, 2.24) is 5.16 Å². The summed E-state index contributed by atoms with van der Waals surface area (Å²) >= 11 is 24.5. The standard InChI is InChI=1S/C18H11Cl4N3O3/c1-8-13(16(24-27-8)14-9(19)4-2-5-10(14)20)18(26)28-25-17(23)15-11(21)6-3-7-12(15)22/h2-7H,1H3,(H2,23,25). The number of aromatic nitrogens is 1. The van der Waals surface area contributed by atoms with E-state index in [1.807, 2.05) is 0 Å². The van der Waals surface area contributed by atoms with E-state index in [9.17, 15) is 4.79 Å². The lowest BCUT2D eigenvalue weighted by Crippen LogP contribution is -2.16. The number of nitrogens with two attached hydrogens (primary N) is 1. The van der Waals surface area contributed by atoms with Crippen molar-refractivity contribution in [2.24, 2.45) is 10.9 Å². The average Bonchev–Trinajstić information content (AvgIpc) is 3.00. The van der Waals surface area contributed by atoms with Crippen LogP contribution >= 0.6 is 46.4 Å². The van der Waals surface area contributed by atoms with Crippen LogP contribution in [0.1, 0.15) is 21.7 Å². The molecule has 1 aromatic heterocycles. The Morgan fingerprint density at radius 1 is 1.00 bits per heavy atom. The Kier molecular flexibility index (Phi) is 6.15. The molecule has 0 aliphatic rings. The topological polar surface area (TPSA) is 90.7 Å². The van der Waals surface area contributed by atoms with Gasteiger partial charge in [0.25, 0.3) is 0 Å². The van der Waals surface area contributed by atoms with E-state index in [4.69, 9.17) is 61.5 Å². The number of nitrogens with zero attached hydrogens (tertiary/aromatic N) is 2. The van der Waals surface area contributed by atoms with Crippen LogP contribution in [0.2, 0.25) is 20.1 Å². The number of halogens is 4. The van der Waals surface area contributed by atoms with Gasteiger partial charge in [-0.25, -0.2) is 4.79 Å². The third-order valence-electron chi connectivity index (χ3n) is 3.71. The predicted octanol–water partition coefficient (Wildman–Crippen LogP) is 5.74. The summed E-state index contributed by atoms with van der Waals surface area (Å²) in [5.74, 6) is -0.841. The third-order valence-corrected chi connectivity index (χ3v) is 4.97. The average molecular weight is 459 g/mol. The molecule has 2 N–H and O–H groups in total. The summed E-state index contributed by atoms with van der Waals surface area (Å²) in [6.45, 7) is 1.54. The molecule has 0 aliphatic heterocycles. The molecule has 0 saturated heterocycles. The van der Waals surface area contributed by atoms with Gasteiger partial charge in [-0.2, -0.15) is 0 Å². The molecule has 28 heavy (non-hydrogen) atoms. The zero-order chi connectivity index (χ0) is 20.4. The molecule has 0 fully saturated rings. The van der Waals surface area contributed by atoms with Gasteiger partial charge in [0.15, 0.2) is 5.84 Å². The van der Waals surface area contributed by atoms with Crippen LogP contribution in [0.15, 0.2) is 46.1 Å². The van der Waals surface area contributed by atoms with Gasteiger partial charge in [0, 0.05) is 5.56 Å². The SMILES string of the molecule is Cc1onc(-c2c(Cl)cccc2Cl)c1C(=O)ON=C(N)c1c(Cl)cccc1Cl. The van der Waals surface area contributed by atoms with Crippen molar-refractivity contribution in [3.05, 3.63) is 73.4 Å². The molecule has 0 aliphatic carbocycles. The molecule has 10 heteroatoms. The minimum Gasteiger partial charge on any atom is -0.380 e. The van der Waals surface area contributed by atoms with Gasteiger partial charge in [-0.15, -0.1) is 0 Å². The molecule has 0 amide bonds. The second-order valence-corrected chi connectivity index (χ2v) is 7.14. The van der Waals surface area contributed by atoms with E-state index in [0.717, 1.165) is 0 Å². The number of carbonyl (C=O) groups is 1. The maximum atomic E-state index is 12.6. The molecule has 144 valence electrons. The summed E-state index contributed by atoms with van der Waals surface area (Å²) < 4.78 is 5.12. The molecule has 3 aromatic rings. The van der Waals surface area contributed by atoms with Crippen LogP contribution in [0.4, 0.5) is 0 Å². The second-order valence-electron chi connectivity index (χ2n) is 5.51. The number of aryl methyl sites for hydroxylation is 1. The Morgan fingerprint density at radius 2 is 1.54 bits per heavy atom. The predicted molar refractivity (Wildman–Crippen MR) is 109 cm³/mol. The lowest BCUT2D eigenvalue weighted by atomic mass is 10.1. The number of hydrogen-bond acceptors (Lipinski definition) is 5. The van der Waals surface area contributed by atoms with Crippen LogP contribution in [0, 0.1) is 6.92 Å². The van der Waals surface area contributed by atoms with Crippen molar-refractivity contribution >= 4 is 58.2 Å². The third kappa shape index (κ3) is 3.95. The Labute approximate surface area is 179 Å². The van der Waals surface area contributed by atoms with Gasteiger partial charge in [0.05, 0.1) is 25.7 Å². The fourth-order valence-electron chi connectivity index (χ4n) is 2.43. The summed E-state index contributed by atoms with van der Waals surface area (Å²) in [6.07, 6.45) is 0. The van der Waals surface area contributed by atoms with Crippen molar-refractivity contribution in [2.75, 3.05) is 0 Å². The number of oxime groups is 1. The van der Waals surface area contributed by atoms with Gasteiger partial charge in [-0.05, 0) is 31.2 Å². The Bertz CT molecular complexity index is 1060. The summed E-state index contributed by atoms with van der Waals surface area (Å²) in [5, 5.41) is 8.61. The molecule has 0 spiro atoms. The molecule has 0 bridgehead atoms. The molecule has 0 saturated carbocycles. The van der Waals surface area contributed by atoms with Gasteiger partial charge in [0.1, 0.15) is 17.0 Å². The second kappa shape index (κ2) is 8.41. The lowest BCUT2D eigenvalue weighted by Gasteiger charge is -2.07. The molecular formula is C18H11Cl4N3O3. The van der Waals surface area contributed by atoms with E-state index in [0.29, 0.717) is 15.6 Å².